The molecule has 1 aromatic carbocycles. The summed E-state index contributed by atoms with van der Waals surface area (Å²) >= 11 is 0. The minimum Gasteiger partial charge on any atom is -0.481 e. The lowest BCUT2D eigenvalue weighted by atomic mass is 10.2. The fourth-order valence-electron chi connectivity index (χ4n) is 1.99. The van der Waals surface area contributed by atoms with Gasteiger partial charge in [0.1, 0.15) is 5.75 Å². The summed E-state index contributed by atoms with van der Waals surface area (Å²) in [4.78, 5) is 13.9. The summed E-state index contributed by atoms with van der Waals surface area (Å²) in [6.07, 6.45) is 0.593. The van der Waals surface area contributed by atoms with Crippen molar-refractivity contribution in [3.63, 3.8) is 0 Å². The van der Waals surface area contributed by atoms with Crippen LogP contribution in [-0.2, 0) is 11.3 Å². The second kappa shape index (κ2) is 4.56. The van der Waals surface area contributed by atoms with Gasteiger partial charge in [0.2, 0.25) is 0 Å². The Morgan fingerprint density at radius 1 is 1.44 bits per heavy atom. The average Bonchev–Trinajstić information content (AvgIpc) is 2.40. The Labute approximate surface area is 96.0 Å². The van der Waals surface area contributed by atoms with E-state index in [4.69, 9.17) is 4.74 Å². The van der Waals surface area contributed by atoms with Crippen LogP contribution in [0.15, 0.2) is 24.3 Å². The van der Waals surface area contributed by atoms with E-state index in [1.807, 2.05) is 36.1 Å². The van der Waals surface area contributed by atoms with E-state index >= 15 is 0 Å². The second-order valence-electron chi connectivity index (χ2n) is 4.13. The van der Waals surface area contributed by atoms with Crippen LogP contribution in [0.25, 0.3) is 0 Å². The lowest BCUT2D eigenvalue weighted by Crippen LogP contribution is -2.38. The second-order valence-corrected chi connectivity index (χ2v) is 4.13. The molecule has 86 valence electrons. The monoisotopic (exact) mass is 219 g/mol. The van der Waals surface area contributed by atoms with E-state index in [2.05, 4.69) is 6.92 Å². The van der Waals surface area contributed by atoms with E-state index in [0.29, 0.717) is 6.54 Å². The van der Waals surface area contributed by atoms with E-state index < -0.39 is 0 Å². The van der Waals surface area contributed by atoms with Crippen LogP contribution in [0.3, 0.4) is 0 Å². The summed E-state index contributed by atoms with van der Waals surface area (Å²) in [5.74, 6) is 0.917. The summed E-state index contributed by atoms with van der Waals surface area (Å²) in [6.45, 7) is 5.34. The lowest BCUT2D eigenvalue weighted by molar-refractivity contribution is -0.137. The molecule has 0 saturated carbocycles. The van der Waals surface area contributed by atoms with Crippen molar-refractivity contribution in [2.24, 2.45) is 0 Å². The number of hydrogen-bond donors (Lipinski definition) is 0. The Morgan fingerprint density at radius 3 is 2.94 bits per heavy atom. The van der Waals surface area contributed by atoms with Gasteiger partial charge in [-0.25, -0.2) is 0 Å². The van der Waals surface area contributed by atoms with Crippen LogP contribution >= 0.6 is 0 Å². The van der Waals surface area contributed by atoms with Crippen molar-refractivity contribution in [2.45, 2.75) is 32.9 Å². The topological polar surface area (TPSA) is 29.5 Å². The van der Waals surface area contributed by atoms with Crippen molar-refractivity contribution >= 4 is 5.91 Å². The molecule has 0 fully saturated rings. The first-order chi connectivity index (χ1) is 7.72. The molecule has 2 rings (SSSR count). The van der Waals surface area contributed by atoms with Gasteiger partial charge in [-0.05, 0) is 19.4 Å². The van der Waals surface area contributed by atoms with Gasteiger partial charge < -0.3 is 9.64 Å². The van der Waals surface area contributed by atoms with Gasteiger partial charge in [-0.1, -0.05) is 25.1 Å². The van der Waals surface area contributed by atoms with Crippen LogP contribution in [0.2, 0.25) is 0 Å². The average molecular weight is 219 g/mol. The summed E-state index contributed by atoms with van der Waals surface area (Å²) in [6, 6.07) is 7.86. The van der Waals surface area contributed by atoms with Crippen molar-refractivity contribution in [1.29, 1.82) is 0 Å². The molecule has 3 heteroatoms. The number of carbonyl (C=O) groups excluding carboxylic acids is 1. The summed E-state index contributed by atoms with van der Waals surface area (Å²) < 4.78 is 5.65. The largest absolute Gasteiger partial charge is 0.481 e. The quantitative estimate of drug-likeness (QED) is 0.763. The van der Waals surface area contributed by atoms with E-state index in [1.165, 1.54) is 0 Å². The molecule has 0 aliphatic carbocycles. The zero-order chi connectivity index (χ0) is 11.5. The van der Waals surface area contributed by atoms with E-state index in [1.54, 1.807) is 0 Å². The van der Waals surface area contributed by atoms with Crippen molar-refractivity contribution in [3.05, 3.63) is 29.8 Å². The molecule has 0 radical (unpaired) electrons. The minimum absolute atomic E-state index is 0.0815. The van der Waals surface area contributed by atoms with Crippen molar-refractivity contribution in [2.75, 3.05) is 6.54 Å². The molecule has 1 aliphatic heterocycles. The van der Waals surface area contributed by atoms with Crippen LogP contribution in [0, 0.1) is 0 Å². The van der Waals surface area contributed by atoms with Gasteiger partial charge >= 0.3 is 0 Å². The maximum absolute atomic E-state index is 12.0. The summed E-state index contributed by atoms with van der Waals surface area (Å²) in [5.41, 5.74) is 1.09. The summed E-state index contributed by atoms with van der Waals surface area (Å²) in [7, 11) is 0. The normalized spacial score (nSPS) is 20.0. The number of para-hydroxylation sites is 1. The first kappa shape index (κ1) is 11.0. The molecule has 3 nitrogen and oxygen atoms in total. The predicted octanol–water partition coefficient (Wildman–Crippen LogP) is 2.21. The molecule has 1 aliphatic rings. The SMILES string of the molecule is CCCN1Cc2ccccc2O[C@H](C)C1=O. The number of ether oxygens (including phenoxy) is 1. The third-order valence-electron chi connectivity index (χ3n) is 2.79. The fraction of sp³-hybridized carbons (Fsp3) is 0.462. The van der Waals surface area contributed by atoms with Crippen molar-refractivity contribution in [1.82, 2.24) is 4.90 Å². The first-order valence-corrected chi connectivity index (χ1v) is 5.75. The van der Waals surface area contributed by atoms with Crippen molar-refractivity contribution in [3.8, 4) is 5.75 Å². The van der Waals surface area contributed by atoms with Gasteiger partial charge in [-0.3, -0.25) is 4.79 Å². The molecule has 0 aromatic heterocycles. The van der Waals surface area contributed by atoms with Gasteiger partial charge in [0.15, 0.2) is 6.10 Å². The van der Waals surface area contributed by atoms with Gasteiger partial charge in [0, 0.05) is 18.7 Å². The van der Waals surface area contributed by atoms with E-state index in [0.717, 1.165) is 24.3 Å². The van der Waals surface area contributed by atoms with Gasteiger partial charge in [-0.15, -0.1) is 0 Å². The van der Waals surface area contributed by atoms with Crippen LogP contribution in [-0.4, -0.2) is 23.5 Å². The number of hydrogen-bond acceptors (Lipinski definition) is 2. The number of nitrogens with zero attached hydrogens (tertiary/aromatic N) is 1. The predicted molar refractivity (Wildman–Crippen MR) is 62.2 cm³/mol. The Morgan fingerprint density at radius 2 is 2.19 bits per heavy atom. The molecule has 0 N–H and O–H groups in total. The van der Waals surface area contributed by atoms with Gasteiger partial charge in [0.25, 0.3) is 5.91 Å². The highest BCUT2D eigenvalue weighted by molar-refractivity contribution is 5.81. The molecular weight excluding hydrogens is 202 g/mol. The molecule has 1 heterocycles. The first-order valence-electron chi connectivity index (χ1n) is 5.75. The highest BCUT2D eigenvalue weighted by Crippen LogP contribution is 2.25. The van der Waals surface area contributed by atoms with Crippen molar-refractivity contribution < 1.29 is 9.53 Å². The molecule has 0 spiro atoms. The van der Waals surface area contributed by atoms with Crippen LogP contribution in [0.1, 0.15) is 25.8 Å². The van der Waals surface area contributed by atoms with Crippen LogP contribution in [0.4, 0.5) is 0 Å². The third-order valence-corrected chi connectivity index (χ3v) is 2.79. The standard InChI is InChI=1S/C13H17NO2/c1-3-8-14-9-11-6-4-5-7-12(11)16-10(2)13(14)15/h4-7,10H,3,8-9H2,1-2H3/t10-/m1/s1. The summed E-state index contributed by atoms with van der Waals surface area (Å²) in [5, 5.41) is 0. The maximum atomic E-state index is 12.0. The number of fused-ring (bicyclic) bond motifs is 1. The lowest BCUT2D eigenvalue weighted by Gasteiger charge is -2.21. The highest BCUT2D eigenvalue weighted by atomic mass is 16.5. The zero-order valence-corrected chi connectivity index (χ0v) is 9.77. The molecule has 16 heavy (non-hydrogen) atoms. The molecule has 1 aromatic rings. The van der Waals surface area contributed by atoms with Gasteiger partial charge in [-0.2, -0.15) is 0 Å². The Bertz CT molecular complexity index is 389. The molecule has 0 unspecified atom stereocenters. The maximum Gasteiger partial charge on any atom is 0.263 e. The number of benzene rings is 1. The van der Waals surface area contributed by atoms with Crippen LogP contribution < -0.4 is 4.74 Å². The Balaban J connectivity index is 2.30. The molecule has 0 bridgehead atoms. The number of carbonyl (C=O) groups is 1. The smallest absolute Gasteiger partial charge is 0.263 e. The van der Waals surface area contributed by atoms with E-state index in [9.17, 15) is 4.79 Å². The minimum atomic E-state index is -0.379. The molecule has 0 saturated heterocycles. The van der Waals surface area contributed by atoms with Gasteiger partial charge in [0.05, 0.1) is 0 Å². The Hall–Kier alpha value is -1.51. The van der Waals surface area contributed by atoms with E-state index in [-0.39, 0.29) is 12.0 Å². The fourth-order valence-corrected chi connectivity index (χ4v) is 1.99. The molecular formula is C13H17NO2. The Kier molecular flexibility index (Phi) is 3.13. The number of amides is 1. The number of rotatable bonds is 2. The zero-order valence-electron chi connectivity index (χ0n) is 9.77. The third kappa shape index (κ3) is 2.03. The van der Waals surface area contributed by atoms with Crippen LogP contribution in [0.5, 0.6) is 5.75 Å². The molecule has 1 atom stereocenters. The molecule has 1 amide bonds. The highest BCUT2D eigenvalue weighted by Gasteiger charge is 2.26.